The van der Waals surface area contributed by atoms with Crippen molar-refractivity contribution in [3.05, 3.63) is 71.5 Å². The molecular weight excluding hydrogens is 567 g/mol. The Kier molecular flexibility index (Phi) is 7.07. The maximum Gasteiger partial charge on any atom is 0.418 e. The zero-order valence-electron chi connectivity index (χ0n) is 23.1. The second kappa shape index (κ2) is 10.9. The summed E-state index contributed by atoms with van der Waals surface area (Å²) in [6.07, 6.45) is -3.64. The molecule has 1 aliphatic rings. The van der Waals surface area contributed by atoms with Gasteiger partial charge in [0.2, 0.25) is 11.9 Å². The highest BCUT2D eigenvalue weighted by Crippen LogP contribution is 2.36. The fraction of sp³-hybridized carbons (Fsp3) is 0.286. The normalized spacial score (nSPS) is 15.9. The van der Waals surface area contributed by atoms with Gasteiger partial charge < -0.3 is 20.3 Å². The molecule has 2 aromatic carbocycles. The van der Waals surface area contributed by atoms with Gasteiger partial charge in [-0.05, 0) is 24.6 Å². The number of carbonyl (C=O) groups is 2. The van der Waals surface area contributed by atoms with Crippen molar-refractivity contribution in [1.29, 1.82) is 0 Å². The van der Waals surface area contributed by atoms with E-state index in [4.69, 9.17) is 4.74 Å². The molecule has 15 heteroatoms. The monoisotopic (exact) mass is 593 g/mol. The van der Waals surface area contributed by atoms with Crippen molar-refractivity contribution in [3.8, 4) is 11.4 Å². The van der Waals surface area contributed by atoms with Crippen LogP contribution in [0.15, 0.2) is 54.7 Å². The average Bonchev–Trinajstić information content (AvgIpc) is 3.51. The number of anilines is 1. The molecule has 43 heavy (non-hydrogen) atoms. The molecular formula is C28H26F3N9O3. The lowest BCUT2D eigenvalue weighted by Crippen LogP contribution is -2.44. The van der Waals surface area contributed by atoms with Gasteiger partial charge in [-0.15, -0.1) is 5.10 Å². The van der Waals surface area contributed by atoms with Crippen LogP contribution in [-0.2, 0) is 29.4 Å². The number of aryl methyl sites for hydroxylation is 2. The van der Waals surface area contributed by atoms with E-state index in [9.17, 15) is 22.8 Å². The van der Waals surface area contributed by atoms with Crippen LogP contribution in [0.1, 0.15) is 16.8 Å². The molecule has 12 nitrogen and oxygen atoms in total. The van der Waals surface area contributed by atoms with Crippen LogP contribution in [0.2, 0.25) is 0 Å². The van der Waals surface area contributed by atoms with Gasteiger partial charge in [-0.25, -0.2) is 14.8 Å². The number of para-hydroxylation sites is 1. The zero-order valence-corrected chi connectivity index (χ0v) is 23.1. The van der Waals surface area contributed by atoms with E-state index in [2.05, 4.69) is 30.8 Å². The number of halogens is 3. The Balaban J connectivity index is 1.39. The van der Waals surface area contributed by atoms with Gasteiger partial charge >= 0.3 is 12.3 Å². The van der Waals surface area contributed by atoms with Gasteiger partial charge in [0.25, 0.3) is 0 Å². The number of hydrogen-bond donors (Lipinski definition) is 2. The second-order valence-electron chi connectivity index (χ2n) is 10.1. The number of nitrogens with one attached hydrogen (secondary N) is 2. The molecule has 1 aliphatic heterocycles. The largest absolute Gasteiger partial charge is 0.445 e. The molecule has 0 radical (unpaired) electrons. The summed E-state index contributed by atoms with van der Waals surface area (Å²) in [5.41, 5.74) is 0.772. The molecule has 2 N–H and O–H groups in total. The minimum atomic E-state index is -4.70. The highest BCUT2D eigenvalue weighted by atomic mass is 19.4. The first-order valence-electron chi connectivity index (χ1n) is 13.4. The maximum atomic E-state index is 14.0. The van der Waals surface area contributed by atoms with Crippen molar-refractivity contribution in [2.45, 2.75) is 25.7 Å². The van der Waals surface area contributed by atoms with Crippen molar-refractivity contribution in [2.24, 2.45) is 7.05 Å². The molecule has 1 atom stereocenters. The quantitative estimate of drug-likeness (QED) is 0.316. The first-order chi connectivity index (χ1) is 20.6. The number of carbonyl (C=O) groups excluding carboxylic acids is 2. The third-order valence-corrected chi connectivity index (χ3v) is 7.03. The summed E-state index contributed by atoms with van der Waals surface area (Å²) in [6, 6.07) is 11.7. The smallest absolute Gasteiger partial charge is 0.418 e. The fourth-order valence-electron chi connectivity index (χ4n) is 4.96. The van der Waals surface area contributed by atoms with Crippen molar-refractivity contribution < 1.29 is 27.5 Å². The Morgan fingerprint density at radius 2 is 1.91 bits per heavy atom. The molecule has 4 heterocycles. The molecule has 0 saturated carbocycles. The zero-order chi connectivity index (χ0) is 30.3. The molecule has 3 aromatic heterocycles. The maximum absolute atomic E-state index is 14.0. The number of ether oxygens (including phenoxy) is 1. The number of fused-ring (bicyclic) bond motifs is 3. The van der Waals surface area contributed by atoms with Crippen LogP contribution in [0.3, 0.4) is 0 Å². The van der Waals surface area contributed by atoms with Gasteiger partial charge in [-0.2, -0.15) is 22.8 Å². The van der Waals surface area contributed by atoms with E-state index >= 15 is 0 Å². The summed E-state index contributed by atoms with van der Waals surface area (Å²) < 4.78 is 50.4. The number of nitrogens with zero attached hydrogens (tertiary/aromatic N) is 7. The molecule has 222 valence electrons. The molecule has 0 unspecified atom stereocenters. The molecule has 1 saturated heterocycles. The van der Waals surface area contributed by atoms with E-state index < -0.39 is 29.8 Å². The summed E-state index contributed by atoms with van der Waals surface area (Å²) in [7, 11) is 1.73. The average molecular weight is 594 g/mol. The highest BCUT2D eigenvalue weighted by molar-refractivity contribution is 5.95. The number of benzene rings is 2. The summed E-state index contributed by atoms with van der Waals surface area (Å²) in [5.74, 6) is -0.406. The van der Waals surface area contributed by atoms with Gasteiger partial charge in [-0.3, -0.25) is 9.48 Å². The summed E-state index contributed by atoms with van der Waals surface area (Å²) in [4.78, 5) is 36.2. The number of hydrogen-bond acceptors (Lipinski definition) is 8. The SMILES string of the molecule is Cc1nn(C)cc1-c1nc2c3cccc(C(F)(F)F)c3nc(N[C@@H]3CN(C(=O)OCc4ccccc4)CCNC3=O)n2n1. The number of aromatic nitrogens is 6. The van der Waals surface area contributed by atoms with E-state index in [1.165, 1.54) is 21.5 Å². The Bertz CT molecular complexity index is 1840. The fourth-order valence-corrected chi connectivity index (χ4v) is 4.96. The van der Waals surface area contributed by atoms with Crippen LogP contribution in [0.5, 0.6) is 0 Å². The van der Waals surface area contributed by atoms with E-state index in [1.807, 2.05) is 30.3 Å². The molecule has 5 aromatic rings. The van der Waals surface area contributed by atoms with Crippen LogP contribution in [0.25, 0.3) is 27.9 Å². The molecule has 0 spiro atoms. The molecule has 1 fully saturated rings. The third-order valence-electron chi connectivity index (χ3n) is 7.03. The first-order valence-corrected chi connectivity index (χ1v) is 13.4. The van der Waals surface area contributed by atoms with E-state index in [0.717, 1.165) is 11.6 Å². The van der Waals surface area contributed by atoms with E-state index in [1.54, 1.807) is 24.9 Å². The van der Waals surface area contributed by atoms with Crippen LogP contribution in [-0.4, -0.2) is 71.9 Å². The van der Waals surface area contributed by atoms with Crippen LogP contribution in [0, 0.1) is 6.92 Å². The van der Waals surface area contributed by atoms with E-state index in [-0.39, 0.29) is 54.6 Å². The lowest BCUT2D eigenvalue weighted by molar-refractivity contribution is -0.136. The van der Waals surface area contributed by atoms with Gasteiger partial charge in [0, 0.05) is 31.7 Å². The highest BCUT2D eigenvalue weighted by Gasteiger charge is 2.35. The van der Waals surface area contributed by atoms with Gasteiger partial charge in [0.15, 0.2) is 11.5 Å². The van der Waals surface area contributed by atoms with Crippen LogP contribution in [0.4, 0.5) is 23.9 Å². The van der Waals surface area contributed by atoms with Crippen LogP contribution < -0.4 is 10.6 Å². The Labute approximate surface area is 242 Å². The number of rotatable bonds is 5. The third kappa shape index (κ3) is 5.52. The number of amides is 2. The summed E-state index contributed by atoms with van der Waals surface area (Å²) >= 11 is 0. The lowest BCUT2D eigenvalue weighted by Gasteiger charge is -2.23. The van der Waals surface area contributed by atoms with Gasteiger partial charge in [0.1, 0.15) is 12.6 Å². The lowest BCUT2D eigenvalue weighted by atomic mass is 10.1. The number of alkyl halides is 3. The van der Waals surface area contributed by atoms with Crippen molar-refractivity contribution >= 4 is 34.5 Å². The molecule has 6 rings (SSSR count). The summed E-state index contributed by atoms with van der Waals surface area (Å²) in [6.45, 7) is 2.00. The minimum Gasteiger partial charge on any atom is -0.445 e. The summed E-state index contributed by atoms with van der Waals surface area (Å²) in [5, 5.41) is 14.6. The Hall–Kier alpha value is -5.21. The molecule has 0 aliphatic carbocycles. The van der Waals surface area contributed by atoms with Crippen molar-refractivity contribution in [3.63, 3.8) is 0 Å². The standard InChI is InChI=1S/C28H26F3N9O3/c1-16-19(13-38(2)36-16)23-35-24-18-9-6-10-20(28(29,30)31)22(18)34-26(40(24)37-23)33-21-14-39(12-11-32-25(21)41)27(42)43-15-17-7-4-3-5-8-17/h3-10,13,21H,11-12,14-15H2,1-2H3,(H,32,41)(H,33,34)/t21-/m1/s1. The first kappa shape index (κ1) is 27.9. The van der Waals surface area contributed by atoms with Crippen molar-refractivity contribution in [2.75, 3.05) is 25.0 Å². The van der Waals surface area contributed by atoms with Gasteiger partial charge in [-0.1, -0.05) is 36.4 Å². The molecule has 0 bridgehead atoms. The van der Waals surface area contributed by atoms with E-state index in [0.29, 0.717) is 11.3 Å². The predicted molar refractivity (Wildman–Crippen MR) is 149 cm³/mol. The predicted octanol–water partition coefficient (Wildman–Crippen LogP) is 3.55. The minimum absolute atomic E-state index is 0.0399. The molecule has 2 amide bonds. The van der Waals surface area contributed by atoms with Crippen molar-refractivity contribution in [1.82, 2.24) is 39.6 Å². The Morgan fingerprint density at radius 1 is 1.12 bits per heavy atom. The Morgan fingerprint density at radius 3 is 2.63 bits per heavy atom. The van der Waals surface area contributed by atoms with Crippen LogP contribution >= 0.6 is 0 Å². The topological polar surface area (TPSA) is 132 Å². The van der Waals surface area contributed by atoms with Gasteiger partial charge in [0.05, 0.1) is 28.9 Å². The second-order valence-corrected chi connectivity index (χ2v) is 10.1.